The van der Waals surface area contributed by atoms with E-state index in [-0.39, 0.29) is 22.9 Å². The molecule has 0 unspecified atom stereocenters. The van der Waals surface area contributed by atoms with Crippen molar-refractivity contribution in [1.29, 1.82) is 0 Å². The van der Waals surface area contributed by atoms with E-state index in [2.05, 4.69) is 10.3 Å². The van der Waals surface area contributed by atoms with Gasteiger partial charge < -0.3 is 15.3 Å². The third-order valence-electron chi connectivity index (χ3n) is 4.47. The Morgan fingerprint density at radius 3 is 2.80 bits per heavy atom. The van der Waals surface area contributed by atoms with E-state index >= 15 is 0 Å². The first-order valence-electron chi connectivity index (χ1n) is 7.94. The summed E-state index contributed by atoms with van der Waals surface area (Å²) in [4.78, 5) is 29.9. The Hall–Kier alpha value is -2.68. The van der Waals surface area contributed by atoms with Gasteiger partial charge in [0.05, 0.1) is 12.8 Å². The molecule has 134 valence electrons. The molecule has 0 aromatic carbocycles. The molecule has 1 fully saturated rings. The summed E-state index contributed by atoms with van der Waals surface area (Å²) in [6.45, 7) is 0.857. The normalized spacial score (nSPS) is 17.1. The fourth-order valence-electron chi connectivity index (χ4n) is 3.00. The molecule has 2 aromatic heterocycles. The van der Waals surface area contributed by atoms with Crippen molar-refractivity contribution in [2.45, 2.75) is 19.1 Å². The molecule has 0 saturated carbocycles. The molecule has 2 aromatic rings. The molecule has 0 radical (unpaired) electrons. The van der Waals surface area contributed by atoms with Gasteiger partial charge in [-0.25, -0.2) is 14.2 Å². The lowest BCUT2D eigenvalue weighted by Crippen LogP contribution is -2.40. The van der Waals surface area contributed by atoms with Crippen LogP contribution in [0.25, 0.3) is 0 Å². The van der Waals surface area contributed by atoms with E-state index in [1.165, 1.54) is 23.7 Å². The SMILES string of the molecule is Cn1c(N2CC[C@H](Nc3cc(CO)c(F)cn3)C2)cc(=O)n(C)c1=O. The van der Waals surface area contributed by atoms with Gasteiger partial charge in [-0.2, -0.15) is 0 Å². The van der Waals surface area contributed by atoms with E-state index in [0.29, 0.717) is 24.7 Å². The maximum absolute atomic E-state index is 13.4. The van der Waals surface area contributed by atoms with Gasteiger partial charge in [-0.3, -0.25) is 13.9 Å². The average Bonchev–Trinajstić information content (AvgIpc) is 3.06. The largest absolute Gasteiger partial charge is 0.392 e. The fraction of sp³-hybridized carbons (Fsp3) is 0.438. The minimum absolute atomic E-state index is 0.0312. The molecule has 0 amide bonds. The lowest BCUT2D eigenvalue weighted by Gasteiger charge is -2.21. The summed E-state index contributed by atoms with van der Waals surface area (Å²) in [5, 5.41) is 12.3. The lowest BCUT2D eigenvalue weighted by molar-refractivity contribution is 0.275. The van der Waals surface area contributed by atoms with Gasteiger partial charge in [0.25, 0.3) is 5.56 Å². The van der Waals surface area contributed by atoms with E-state index in [9.17, 15) is 14.0 Å². The van der Waals surface area contributed by atoms with Crippen molar-refractivity contribution in [1.82, 2.24) is 14.1 Å². The van der Waals surface area contributed by atoms with Crippen LogP contribution in [-0.4, -0.2) is 38.4 Å². The van der Waals surface area contributed by atoms with Gasteiger partial charge >= 0.3 is 5.69 Å². The predicted molar refractivity (Wildman–Crippen MR) is 91.3 cm³/mol. The highest BCUT2D eigenvalue weighted by molar-refractivity contribution is 5.44. The third kappa shape index (κ3) is 3.27. The predicted octanol–water partition coefficient (Wildman–Crippen LogP) is -0.199. The van der Waals surface area contributed by atoms with Crippen LogP contribution in [0.5, 0.6) is 0 Å². The Morgan fingerprint density at radius 1 is 1.32 bits per heavy atom. The van der Waals surface area contributed by atoms with E-state index in [4.69, 9.17) is 5.11 Å². The highest BCUT2D eigenvalue weighted by atomic mass is 19.1. The number of hydrogen-bond donors (Lipinski definition) is 2. The molecule has 0 bridgehead atoms. The molecule has 1 aliphatic rings. The Morgan fingerprint density at radius 2 is 2.08 bits per heavy atom. The second kappa shape index (κ2) is 6.67. The monoisotopic (exact) mass is 349 g/mol. The minimum atomic E-state index is -0.545. The summed E-state index contributed by atoms with van der Waals surface area (Å²) < 4.78 is 15.9. The number of halogens is 1. The summed E-state index contributed by atoms with van der Waals surface area (Å²) in [7, 11) is 3.08. The first kappa shape index (κ1) is 17.2. The molecule has 9 heteroatoms. The first-order valence-corrected chi connectivity index (χ1v) is 7.94. The van der Waals surface area contributed by atoms with Crippen LogP contribution in [0.3, 0.4) is 0 Å². The average molecular weight is 349 g/mol. The smallest absolute Gasteiger partial charge is 0.332 e. The fourth-order valence-corrected chi connectivity index (χ4v) is 3.00. The topological polar surface area (TPSA) is 92.4 Å². The quantitative estimate of drug-likeness (QED) is 0.794. The lowest BCUT2D eigenvalue weighted by atomic mass is 10.2. The molecule has 3 heterocycles. The highest BCUT2D eigenvalue weighted by Crippen LogP contribution is 2.20. The number of rotatable bonds is 4. The Labute approximate surface area is 143 Å². The highest BCUT2D eigenvalue weighted by Gasteiger charge is 2.25. The van der Waals surface area contributed by atoms with Crippen LogP contribution in [0, 0.1) is 5.82 Å². The maximum Gasteiger partial charge on any atom is 0.332 e. The zero-order chi connectivity index (χ0) is 18.1. The van der Waals surface area contributed by atoms with Crippen molar-refractivity contribution in [3.8, 4) is 0 Å². The van der Waals surface area contributed by atoms with Gasteiger partial charge in [0.2, 0.25) is 0 Å². The van der Waals surface area contributed by atoms with Crippen LogP contribution in [-0.2, 0) is 20.7 Å². The summed E-state index contributed by atoms with van der Waals surface area (Å²) in [6, 6.07) is 2.96. The molecule has 1 aliphatic heterocycles. The molecular weight excluding hydrogens is 329 g/mol. The van der Waals surface area contributed by atoms with Crippen molar-refractivity contribution in [2.75, 3.05) is 23.3 Å². The molecule has 3 rings (SSSR count). The third-order valence-corrected chi connectivity index (χ3v) is 4.47. The second-order valence-corrected chi connectivity index (χ2v) is 6.14. The van der Waals surface area contributed by atoms with Crippen molar-refractivity contribution >= 4 is 11.6 Å². The number of nitrogens with one attached hydrogen (secondary N) is 1. The van der Waals surface area contributed by atoms with Crippen molar-refractivity contribution < 1.29 is 9.50 Å². The number of nitrogens with zero attached hydrogens (tertiary/aromatic N) is 4. The molecule has 2 N–H and O–H groups in total. The van der Waals surface area contributed by atoms with Crippen molar-refractivity contribution in [3.05, 3.63) is 50.5 Å². The van der Waals surface area contributed by atoms with E-state index in [0.717, 1.165) is 17.2 Å². The Kier molecular flexibility index (Phi) is 4.58. The van der Waals surface area contributed by atoms with Crippen LogP contribution in [0.15, 0.2) is 27.9 Å². The van der Waals surface area contributed by atoms with Gasteiger partial charge in [0, 0.05) is 44.9 Å². The zero-order valence-electron chi connectivity index (χ0n) is 14.1. The molecule has 25 heavy (non-hydrogen) atoms. The zero-order valence-corrected chi connectivity index (χ0v) is 14.1. The summed E-state index contributed by atoms with van der Waals surface area (Å²) >= 11 is 0. The van der Waals surface area contributed by atoms with Gasteiger partial charge in [-0.15, -0.1) is 0 Å². The van der Waals surface area contributed by atoms with E-state index in [1.807, 2.05) is 4.90 Å². The summed E-state index contributed by atoms with van der Waals surface area (Å²) in [5.74, 6) is 0.506. The Bertz CT molecular complexity index is 908. The number of aromatic nitrogens is 3. The molecule has 8 nitrogen and oxygen atoms in total. The molecule has 1 atom stereocenters. The molecule has 0 spiro atoms. The van der Waals surface area contributed by atoms with Gasteiger partial charge in [0.15, 0.2) is 0 Å². The van der Waals surface area contributed by atoms with E-state index < -0.39 is 12.4 Å². The van der Waals surface area contributed by atoms with Crippen LogP contribution >= 0.6 is 0 Å². The maximum atomic E-state index is 13.4. The molecular formula is C16H20FN5O3. The standard InChI is InChI=1S/C16H20FN5O3/c1-20-14(6-15(24)21(2)16(20)25)22-4-3-11(8-22)19-13-5-10(9-23)12(17)7-18-13/h5-7,11,23H,3-4,8-9H2,1-2H3,(H,18,19)/t11-/m0/s1. The Balaban J connectivity index is 1.77. The number of hydrogen-bond acceptors (Lipinski definition) is 6. The molecule has 0 aliphatic carbocycles. The van der Waals surface area contributed by atoms with Crippen LogP contribution in [0.1, 0.15) is 12.0 Å². The number of pyridine rings is 1. The minimum Gasteiger partial charge on any atom is -0.392 e. The number of aliphatic hydroxyl groups excluding tert-OH is 1. The van der Waals surface area contributed by atoms with Crippen LogP contribution < -0.4 is 21.5 Å². The first-order chi connectivity index (χ1) is 11.9. The van der Waals surface area contributed by atoms with Crippen LogP contribution in [0.2, 0.25) is 0 Å². The summed E-state index contributed by atoms with van der Waals surface area (Å²) in [5.41, 5.74) is -0.532. The van der Waals surface area contributed by atoms with Gasteiger partial charge in [-0.05, 0) is 12.5 Å². The van der Waals surface area contributed by atoms with Gasteiger partial charge in [-0.1, -0.05) is 0 Å². The summed E-state index contributed by atoms with van der Waals surface area (Å²) in [6.07, 6.45) is 1.85. The van der Waals surface area contributed by atoms with Crippen LogP contribution in [0.4, 0.5) is 16.0 Å². The van der Waals surface area contributed by atoms with Crippen molar-refractivity contribution in [2.24, 2.45) is 14.1 Å². The number of anilines is 2. The second-order valence-electron chi connectivity index (χ2n) is 6.14. The van der Waals surface area contributed by atoms with Crippen molar-refractivity contribution in [3.63, 3.8) is 0 Å². The van der Waals surface area contributed by atoms with E-state index in [1.54, 1.807) is 7.05 Å². The van der Waals surface area contributed by atoms with Gasteiger partial charge in [0.1, 0.15) is 17.5 Å². The number of aliphatic hydroxyl groups is 1. The molecule has 1 saturated heterocycles.